The first kappa shape index (κ1) is 18.7. The first-order valence-corrected chi connectivity index (χ1v) is 9.34. The van der Waals surface area contributed by atoms with Crippen LogP contribution in [0.3, 0.4) is 0 Å². The largest absolute Gasteiger partial charge is 0.493 e. The molecule has 0 fully saturated rings. The average Bonchev–Trinajstić information content (AvgIpc) is 3.33. The van der Waals surface area contributed by atoms with Gasteiger partial charge in [0, 0.05) is 11.7 Å². The second-order valence-corrected chi connectivity index (χ2v) is 6.85. The number of hydrogen-bond acceptors (Lipinski definition) is 5. The Morgan fingerprint density at radius 2 is 1.83 bits per heavy atom. The molecule has 0 unspecified atom stereocenters. The van der Waals surface area contributed by atoms with Gasteiger partial charge in [-0.05, 0) is 37.1 Å². The first-order chi connectivity index (χ1) is 14.1. The van der Waals surface area contributed by atoms with Crippen LogP contribution in [0.2, 0.25) is 0 Å². The van der Waals surface area contributed by atoms with E-state index < -0.39 is 5.97 Å². The lowest BCUT2D eigenvalue weighted by molar-refractivity contribution is -0.122. The molecule has 4 rings (SSSR count). The SMILES string of the molecule is COc1cn(-c2ccccc2)nc1C(=O)OCC(=O)N1c2ccccc2C[C@@H]1C. The van der Waals surface area contributed by atoms with E-state index in [1.54, 1.807) is 11.1 Å². The van der Waals surface area contributed by atoms with E-state index in [0.29, 0.717) is 0 Å². The number of nitrogens with zero attached hydrogens (tertiary/aromatic N) is 3. The average molecular weight is 391 g/mol. The molecule has 2 aromatic carbocycles. The number of anilines is 1. The van der Waals surface area contributed by atoms with Crippen molar-refractivity contribution >= 4 is 17.6 Å². The van der Waals surface area contributed by atoms with Crippen molar-refractivity contribution in [1.29, 1.82) is 0 Å². The Labute approximate surface area is 168 Å². The van der Waals surface area contributed by atoms with E-state index in [1.807, 2.05) is 61.5 Å². The topological polar surface area (TPSA) is 73.7 Å². The zero-order valence-corrected chi connectivity index (χ0v) is 16.2. The molecule has 1 aliphatic heterocycles. The predicted octanol–water partition coefficient (Wildman–Crippen LogP) is 3.02. The van der Waals surface area contributed by atoms with Crippen molar-refractivity contribution in [2.24, 2.45) is 0 Å². The summed E-state index contributed by atoms with van der Waals surface area (Å²) >= 11 is 0. The Hall–Kier alpha value is -3.61. The Bertz CT molecular complexity index is 1050. The van der Waals surface area contributed by atoms with Crippen molar-refractivity contribution in [2.45, 2.75) is 19.4 Å². The number of para-hydroxylation sites is 2. The van der Waals surface area contributed by atoms with E-state index >= 15 is 0 Å². The van der Waals surface area contributed by atoms with Crippen LogP contribution in [0.25, 0.3) is 5.69 Å². The summed E-state index contributed by atoms with van der Waals surface area (Å²) in [5.41, 5.74) is 2.79. The molecule has 0 radical (unpaired) electrons. The van der Waals surface area contributed by atoms with E-state index in [4.69, 9.17) is 9.47 Å². The van der Waals surface area contributed by atoms with Crippen molar-refractivity contribution in [1.82, 2.24) is 9.78 Å². The second-order valence-electron chi connectivity index (χ2n) is 6.85. The maximum Gasteiger partial charge on any atom is 0.363 e. The van der Waals surface area contributed by atoms with Crippen LogP contribution in [0.15, 0.2) is 60.8 Å². The molecule has 0 aliphatic carbocycles. The van der Waals surface area contributed by atoms with E-state index in [1.165, 1.54) is 11.8 Å². The van der Waals surface area contributed by atoms with E-state index in [0.717, 1.165) is 23.4 Å². The molecule has 7 heteroatoms. The number of aromatic nitrogens is 2. The van der Waals surface area contributed by atoms with Gasteiger partial charge in [0.05, 0.1) is 19.0 Å². The van der Waals surface area contributed by atoms with Crippen LogP contribution in [-0.2, 0) is 16.0 Å². The van der Waals surface area contributed by atoms with Crippen LogP contribution in [0.5, 0.6) is 5.75 Å². The van der Waals surface area contributed by atoms with Crippen LogP contribution >= 0.6 is 0 Å². The van der Waals surface area contributed by atoms with Gasteiger partial charge in [-0.2, -0.15) is 5.10 Å². The number of amides is 1. The molecule has 7 nitrogen and oxygen atoms in total. The highest BCUT2D eigenvalue weighted by atomic mass is 16.5. The van der Waals surface area contributed by atoms with Gasteiger partial charge in [0.25, 0.3) is 5.91 Å². The third-order valence-electron chi connectivity index (χ3n) is 4.92. The number of esters is 1. The molecule has 0 saturated heterocycles. The molecule has 3 aromatic rings. The fourth-order valence-electron chi connectivity index (χ4n) is 3.57. The number of fused-ring (bicyclic) bond motifs is 1. The monoisotopic (exact) mass is 391 g/mol. The summed E-state index contributed by atoms with van der Waals surface area (Å²) in [6.45, 7) is 1.61. The minimum absolute atomic E-state index is 0.0189. The van der Waals surface area contributed by atoms with Crippen molar-refractivity contribution < 1.29 is 19.1 Å². The fraction of sp³-hybridized carbons (Fsp3) is 0.227. The van der Waals surface area contributed by atoms with Gasteiger partial charge in [0.1, 0.15) is 0 Å². The Kier molecular flexibility index (Phi) is 5.03. The molecule has 148 valence electrons. The predicted molar refractivity (Wildman–Crippen MR) is 107 cm³/mol. The van der Waals surface area contributed by atoms with Gasteiger partial charge in [0.2, 0.25) is 5.69 Å². The summed E-state index contributed by atoms with van der Waals surface area (Å²) < 4.78 is 12.1. The minimum atomic E-state index is -0.704. The van der Waals surface area contributed by atoms with Gasteiger partial charge < -0.3 is 14.4 Å². The number of benzene rings is 2. The van der Waals surface area contributed by atoms with E-state index in [2.05, 4.69) is 5.10 Å². The van der Waals surface area contributed by atoms with Crippen molar-refractivity contribution in [3.63, 3.8) is 0 Å². The Morgan fingerprint density at radius 3 is 2.59 bits per heavy atom. The van der Waals surface area contributed by atoms with E-state index in [9.17, 15) is 9.59 Å². The third kappa shape index (κ3) is 3.59. The summed E-state index contributed by atoms with van der Waals surface area (Å²) in [4.78, 5) is 27.0. The molecule has 1 atom stereocenters. The zero-order valence-electron chi connectivity index (χ0n) is 16.2. The smallest absolute Gasteiger partial charge is 0.363 e. The van der Waals surface area contributed by atoms with Gasteiger partial charge in [-0.15, -0.1) is 0 Å². The summed E-state index contributed by atoms with van der Waals surface area (Å²) in [6, 6.07) is 17.1. The standard InChI is InChI=1S/C22H21N3O4/c1-15-12-16-8-6-7-11-18(16)25(15)20(26)14-29-22(27)21-19(28-2)13-24(23-21)17-9-4-3-5-10-17/h3-11,13,15H,12,14H2,1-2H3/t15-/m0/s1. The number of methoxy groups -OCH3 is 1. The lowest BCUT2D eigenvalue weighted by atomic mass is 10.1. The van der Waals surface area contributed by atoms with Crippen molar-refractivity contribution in [3.8, 4) is 11.4 Å². The summed E-state index contributed by atoms with van der Waals surface area (Å²) in [7, 11) is 1.46. The maximum absolute atomic E-state index is 12.7. The van der Waals surface area contributed by atoms with Crippen molar-refractivity contribution in [2.75, 3.05) is 18.6 Å². The summed E-state index contributed by atoms with van der Waals surface area (Å²) in [5.74, 6) is -0.687. The molecule has 1 aliphatic rings. The van der Waals surface area contributed by atoms with Crippen LogP contribution in [0, 0.1) is 0 Å². The zero-order chi connectivity index (χ0) is 20.4. The Morgan fingerprint density at radius 1 is 1.10 bits per heavy atom. The van der Waals surface area contributed by atoms with Crippen molar-refractivity contribution in [3.05, 3.63) is 72.1 Å². The summed E-state index contributed by atoms with van der Waals surface area (Å²) in [6.07, 6.45) is 2.39. The molecule has 0 saturated carbocycles. The van der Waals surface area contributed by atoms with Crippen LogP contribution < -0.4 is 9.64 Å². The molecule has 0 N–H and O–H groups in total. The molecular weight excluding hydrogens is 370 g/mol. The normalized spacial score (nSPS) is 15.1. The highest BCUT2D eigenvalue weighted by molar-refractivity contribution is 5.99. The number of hydrogen-bond donors (Lipinski definition) is 0. The highest BCUT2D eigenvalue weighted by Crippen LogP contribution is 2.31. The van der Waals surface area contributed by atoms with Crippen LogP contribution in [0.1, 0.15) is 23.0 Å². The molecule has 0 spiro atoms. The first-order valence-electron chi connectivity index (χ1n) is 9.34. The molecular formula is C22H21N3O4. The Balaban J connectivity index is 1.48. The molecule has 1 aromatic heterocycles. The third-order valence-corrected chi connectivity index (χ3v) is 4.92. The van der Waals surface area contributed by atoms with Gasteiger partial charge in [-0.1, -0.05) is 36.4 Å². The molecule has 2 heterocycles. The number of rotatable bonds is 5. The van der Waals surface area contributed by atoms with Crippen LogP contribution in [-0.4, -0.2) is 41.4 Å². The number of carbonyl (C=O) groups is 2. The fourth-order valence-corrected chi connectivity index (χ4v) is 3.57. The lowest BCUT2D eigenvalue weighted by Gasteiger charge is -2.22. The summed E-state index contributed by atoms with van der Waals surface area (Å²) in [5, 5.41) is 4.27. The maximum atomic E-state index is 12.7. The van der Waals surface area contributed by atoms with E-state index in [-0.39, 0.29) is 30.0 Å². The van der Waals surface area contributed by atoms with Crippen LogP contribution in [0.4, 0.5) is 5.69 Å². The molecule has 1 amide bonds. The highest BCUT2D eigenvalue weighted by Gasteiger charge is 2.31. The quantitative estimate of drug-likeness (QED) is 0.625. The number of ether oxygens (including phenoxy) is 2. The molecule has 29 heavy (non-hydrogen) atoms. The number of carbonyl (C=O) groups excluding carboxylic acids is 2. The molecule has 0 bridgehead atoms. The van der Waals surface area contributed by atoms with Gasteiger partial charge in [-0.3, -0.25) is 4.79 Å². The van der Waals surface area contributed by atoms with Gasteiger partial charge in [0.15, 0.2) is 12.4 Å². The minimum Gasteiger partial charge on any atom is -0.493 e. The van der Waals surface area contributed by atoms with Gasteiger partial charge in [-0.25, -0.2) is 9.48 Å². The lowest BCUT2D eigenvalue weighted by Crippen LogP contribution is -2.38. The second kappa shape index (κ2) is 7.79. The van der Waals surface area contributed by atoms with Gasteiger partial charge >= 0.3 is 5.97 Å².